The third-order valence-electron chi connectivity index (χ3n) is 3.64. The van der Waals surface area contributed by atoms with Gasteiger partial charge in [-0.05, 0) is 25.0 Å². The Labute approximate surface area is 122 Å². The Morgan fingerprint density at radius 1 is 1.25 bits per heavy atom. The van der Waals surface area contributed by atoms with Crippen LogP contribution in [0.25, 0.3) is 0 Å². The fourth-order valence-electron chi connectivity index (χ4n) is 2.64. The summed E-state index contributed by atoms with van der Waals surface area (Å²) in [7, 11) is 0. The van der Waals surface area contributed by atoms with E-state index in [4.69, 9.17) is 16.7 Å². The molecule has 0 radical (unpaired) electrons. The van der Waals surface area contributed by atoms with E-state index in [2.05, 4.69) is 10.2 Å². The molecule has 1 aromatic carbocycles. The Bertz CT molecular complexity index is 453. The Morgan fingerprint density at radius 3 is 2.55 bits per heavy atom. The van der Waals surface area contributed by atoms with Crippen molar-refractivity contribution in [2.45, 2.75) is 18.9 Å². The van der Waals surface area contributed by atoms with Crippen LogP contribution in [0.2, 0.25) is 5.02 Å². The molecule has 1 aliphatic rings. The fraction of sp³-hybridized carbons (Fsp3) is 0.571. The lowest BCUT2D eigenvalue weighted by atomic mass is 9.98. The molecule has 1 aromatic rings. The Kier molecular flexibility index (Phi) is 5.72. The molecular formula is C14H19ClF2N2O. The van der Waals surface area contributed by atoms with Crippen molar-refractivity contribution in [2.75, 3.05) is 32.8 Å². The van der Waals surface area contributed by atoms with Crippen LogP contribution in [-0.4, -0.2) is 42.8 Å². The lowest BCUT2D eigenvalue weighted by Gasteiger charge is -2.35. The fourth-order valence-corrected chi connectivity index (χ4v) is 2.92. The number of piperazine rings is 1. The largest absolute Gasteiger partial charge is 0.396 e. The quantitative estimate of drug-likeness (QED) is 0.820. The first-order chi connectivity index (χ1) is 9.65. The van der Waals surface area contributed by atoms with Crippen molar-refractivity contribution in [3.63, 3.8) is 0 Å². The van der Waals surface area contributed by atoms with Crippen LogP contribution in [0.15, 0.2) is 12.1 Å². The highest BCUT2D eigenvalue weighted by atomic mass is 35.5. The van der Waals surface area contributed by atoms with Gasteiger partial charge in [0.15, 0.2) is 0 Å². The SMILES string of the molecule is OCCC[C@@H](c1c(F)ccc(F)c1Cl)N1CCNCC1. The molecule has 1 fully saturated rings. The summed E-state index contributed by atoms with van der Waals surface area (Å²) in [6.07, 6.45) is 1.08. The van der Waals surface area contributed by atoms with Gasteiger partial charge in [0, 0.05) is 44.4 Å². The molecule has 0 spiro atoms. The summed E-state index contributed by atoms with van der Waals surface area (Å²) >= 11 is 5.97. The van der Waals surface area contributed by atoms with Crippen molar-refractivity contribution in [3.8, 4) is 0 Å². The molecule has 1 heterocycles. The second-order valence-electron chi connectivity index (χ2n) is 4.92. The molecule has 0 amide bonds. The summed E-state index contributed by atoms with van der Waals surface area (Å²) in [5.74, 6) is -1.09. The van der Waals surface area contributed by atoms with Crippen molar-refractivity contribution in [1.82, 2.24) is 10.2 Å². The zero-order valence-corrected chi connectivity index (χ0v) is 12.0. The maximum atomic E-state index is 14.1. The molecule has 6 heteroatoms. The summed E-state index contributed by atoms with van der Waals surface area (Å²) in [5.41, 5.74) is 0.210. The second-order valence-corrected chi connectivity index (χ2v) is 5.30. The van der Waals surface area contributed by atoms with Gasteiger partial charge >= 0.3 is 0 Å². The Morgan fingerprint density at radius 2 is 1.90 bits per heavy atom. The van der Waals surface area contributed by atoms with Crippen LogP contribution in [0.4, 0.5) is 8.78 Å². The number of rotatable bonds is 5. The molecule has 112 valence electrons. The van der Waals surface area contributed by atoms with Gasteiger partial charge < -0.3 is 10.4 Å². The van der Waals surface area contributed by atoms with Crippen molar-refractivity contribution in [3.05, 3.63) is 34.4 Å². The molecule has 0 aliphatic carbocycles. The molecule has 0 saturated carbocycles. The maximum absolute atomic E-state index is 14.1. The van der Waals surface area contributed by atoms with Gasteiger partial charge in [0.05, 0.1) is 5.02 Å². The first-order valence-electron chi connectivity index (χ1n) is 6.84. The predicted molar refractivity (Wildman–Crippen MR) is 74.9 cm³/mol. The van der Waals surface area contributed by atoms with Gasteiger partial charge in [0.25, 0.3) is 0 Å². The molecule has 20 heavy (non-hydrogen) atoms. The third-order valence-corrected chi connectivity index (χ3v) is 4.02. The number of benzene rings is 1. The van der Waals surface area contributed by atoms with Crippen molar-refractivity contribution in [1.29, 1.82) is 0 Å². The minimum absolute atomic E-state index is 0.0249. The van der Waals surface area contributed by atoms with E-state index in [-0.39, 0.29) is 23.2 Å². The van der Waals surface area contributed by atoms with E-state index in [1.165, 1.54) is 0 Å². The number of aliphatic hydroxyl groups is 1. The van der Waals surface area contributed by atoms with Crippen LogP contribution in [0.5, 0.6) is 0 Å². The van der Waals surface area contributed by atoms with Gasteiger partial charge in [0.2, 0.25) is 0 Å². The Balaban J connectivity index is 2.32. The second kappa shape index (κ2) is 7.31. The molecule has 0 aromatic heterocycles. The highest BCUT2D eigenvalue weighted by Crippen LogP contribution is 2.34. The maximum Gasteiger partial charge on any atom is 0.142 e. The molecule has 3 nitrogen and oxygen atoms in total. The minimum Gasteiger partial charge on any atom is -0.396 e. The summed E-state index contributed by atoms with van der Waals surface area (Å²) in [4.78, 5) is 2.09. The number of hydrogen-bond donors (Lipinski definition) is 2. The van der Waals surface area contributed by atoms with E-state index in [9.17, 15) is 8.78 Å². The molecular weight excluding hydrogens is 286 g/mol. The predicted octanol–water partition coefficient (Wildman–Crippen LogP) is 2.34. The summed E-state index contributed by atoms with van der Waals surface area (Å²) in [5, 5.41) is 12.1. The number of nitrogens with zero attached hydrogens (tertiary/aromatic N) is 1. The first-order valence-corrected chi connectivity index (χ1v) is 7.22. The van der Waals surface area contributed by atoms with E-state index >= 15 is 0 Å². The highest BCUT2D eigenvalue weighted by Gasteiger charge is 2.27. The van der Waals surface area contributed by atoms with E-state index in [1.54, 1.807) is 0 Å². The van der Waals surface area contributed by atoms with Crippen LogP contribution in [0.3, 0.4) is 0 Å². The van der Waals surface area contributed by atoms with E-state index in [0.29, 0.717) is 12.8 Å². The molecule has 1 aliphatic heterocycles. The lowest BCUT2D eigenvalue weighted by molar-refractivity contribution is 0.151. The molecule has 2 rings (SSSR count). The van der Waals surface area contributed by atoms with Crippen molar-refractivity contribution >= 4 is 11.6 Å². The van der Waals surface area contributed by atoms with Crippen LogP contribution >= 0.6 is 11.6 Å². The van der Waals surface area contributed by atoms with Gasteiger partial charge in [-0.3, -0.25) is 4.90 Å². The lowest BCUT2D eigenvalue weighted by Crippen LogP contribution is -2.45. The molecule has 1 atom stereocenters. The normalized spacial score (nSPS) is 18.2. The number of aliphatic hydroxyl groups excluding tert-OH is 1. The zero-order valence-electron chi connectivity index (χ0n) is 11.2. The number of nitrogens with one attached hydrogen (secondary N) is 1. The number of hydrogen-bond acceptors (Lipinski definition) is 3. The molecule has 0 bridgehead atoms. The summed E-state index contributed by atoms with van der Waals surface area (Å²) in [6, 6.07) is 1.86. The Hall–Kier alpha value is -0.750. The van der Waals surface area contributed by atoms with Crippen molar-refractivity contribution in [2.24, 2.45) is 0 Å². The van der Waals surface area contributed by atoms with Gasteiger partial charge in [-0.15, -0.1) is 0 Å². The third kappa shape index (κ3) is 3.47. The van der Waals surface area contributed by atoms with Crippen LogP contribution < -0.4 is 5.32 Å². The van der Waals surface area contributed by atoms with Crippen molar-refractivity contribution < 1.29 is 13.9 Å². The minimum atomic E-state index is -0.604. The smallest absolute Gasteiger partial charge is 0.142 e. The monoisotopic (exact) mass is 304 g/mol. The van der Waals surface area contributed by atoms with Crippen LogP contribution in [0.1, 0.15) is 24.4 Å². The first kappa shape index (κ1) is 15.6. The zero-order chi connectivity index (χ0) is 14.5. The highest BCUT2D eigenvalue weighted by molar-refractivity contribution is 6.31. The van der Waals surface area contributed by atoms with Gasteiger partial charge in [-0.25, -0.2) is 8.78 Å². The number of halogens is 3. The molecule has 0 unspecified atom stereocenters. The van der Waals surface area contributed by atoms with Crippen LogP contribution in [-0.2, 0) is 0 Å². The standard InChI is InChI=1S/C14H19ClF2N2O/c15-14-11(17)4-3-10(16)13(14)12(2-1-9-20)19-7-5-18-6-8-19/h3-4,12,18,20H,1-2,5-9H2/t12-/m0/s1. The van der Waals surface area contributed by atoms with Gasteiger partial charge in [0.1, 0.15) is 11.6 Å². The average molecular weight is 305 g/mol. The topological polar surface area (TPSA) is 35.5 Å². The van der Waals surface area contributed by atoms with Gasteiger partial charge in [-0.1, -0.05) is 11.6 Å². The molecule has 2 N–H and O–H groups in total. The van der Waals surface area contributed by atoms with E-state index in [1.807, 2.05) is 0 Å². The van der Waals surface area contributed by atoms with Crippen LogP contribution in [0, 0.1) is 11.6 Å². The van der Waals surface area contributed by atoms with E-state index < -0.39 is 11.6 Å². The van der Waals surface area contributed by atoms with Gasteiger partial charge in [-0.2, -0.15) is 0 Å². The van der Waals surface area contributed by atoms with E-state index in [0.717, 1.165) is 38.3 Å². The summed E-state index contributed by atoms with van der Waals surface area (Å²) in [6.45, 7) is 3.15. The summed E-state index contributed by atoms with van der Waals surface area (Å²) < 4.78 is 27.7. The average Bonchev–Trinajstić information content (AvgIpc) is 2.47. The molecule has 1 saturated heterocycles.